The van der Waals surface area contributed by atoms with Crippen LogP contribution in [-0.4, -0.2) is 17.8 Å². The Morgan fingerprint density at radius 2 is 1.71 bits per heavy atom. The summed E-state index contributed by atoms with van der Waals surface area (Å²) in [6, 6.07) is 12.5. The second-order valence-corrected chi connectivity index (χ2v) is 6.78. The van der Waals surface area contributed by atoms with Gasteiger partial charge in [-0.05, 0) is 87.3 Å². The van der Waals surface area contributed by atoms with Crippen molar-refractivity contribution < 1.29 is 4.74 Å². The van der Waals surface area contributed by atoms with Gasteiger partial charge >= 0.3 is 0 Å². The maximum atomic E-state index is 5.85. The van der Waals surface area contributed by atoms with Crippen molar-refractivity contribution in [1.29, 1.82) is 0 Å². The van der Waals surface area contributed by atoms with Crippen LogP contribution in [0.15, 0.2) is 36.4 Å². The average Bonchev–Trinajstić information content (AvgIpc) is 2.52. The Morgan fingerprint density at radius 1 is 1.00 bits per heavy atom. The normalized spacial score (nSPS) is 11.7. The Morgan fingerprint density at radius 3 is 2.42 bits per heavy atom. The van der Waals surface area contributed by atoms with Crippen molar-refractivity contribution in [3.63, 3.8) is 0 Å². The van der Waals surface area contributed by atoms with Gasteiger partial charge in [-0.3, -0.25) is 0 Å². The number of rotatable bonds is 5. The Hall–Kier alpha value is -2.07. The van der Waals surface area contributed by atoms with E-state index in [2.05, 4.69) is 75.6 Å². The van der Waals surface area contributed by atoms with Crippen molar-refractivity contribution >= 4 is 23.0 Å². The van der Waals surface area contributed by atoms with Crippen molar-refractivity contribution in [2.24, 2.45) is 0 Å². The summed E-state index contributed by atoms with van der Waals surface area (Å²) < 4.78 is 5.85. The smallest absolute Gasteiger partial charge is 0.171 e. The first-order valence-electron chi connectivity index (χ1n) is 8.20. The summed E-state index contributed by atoms with van der Waals surface area (Å²) in [5, 5.41) is 7.14. The standard InChI is InChI=1S/C20H26N2OS/c1-13-6-7-15(3)19(10-13)22-20(24)21-17(5)12-23-18-9-8-14(2)16(4)11-18/h6-11,17H,12H2,1-5H3,(H2,21,22,24). The molecule has 0 heterocycles. The number of benzene rings is 2. The maximum Gasteiger partial charge on any atom is 0.171 e. The highest BCUT2D eigenvalue weighted by molar-refractivity contribution is 7.80. The van der Waals surface area contributed by atoms with Crippen LogP contribution in [0.5, 0.6) is 5.75 Å². The van der Waals surface area contributed by atoms with Gasteiger partial charge in [0.15, 0.2) is 5.11 Å². The molecule has 0 saturated heterocycles. The first kappa shape index (κ1) is 18.3. The predicted octanol–water partition coefficient (Wildman–Crippen LogP) is 4.67. The topological polar surface area (TPSA) is 33.3 Å². The lowest BCUT2D eigenvalue weighted by atomic mass is 10.1. The molecule has 1 atom stereocenters. The van der Waals surface area contributed by atoms with Crippen LogP contribution < -0.4 is 15.4 Å². The number of hydrogen-bond donors (Lipinski definition) is 2. The van der Waals surface area contributed by atoms with Gasteiger partial charge in [0.05, 0.1) is 6.04 Å². The van der Waals surface area contributed by atoms with E-state index in [0.29, 0.717) is 11.7 Å². The van der Waals surface area contributed by atoms with Gasteiger partial charge < -0.3 is 15.4 Å². The van der Waals surface area contributed by atoms with Crippen LogP contribution in [-0.2, 0) is 0 Å². The number of anilines is 1. The Bertz CT molecular complexity index is 728. The minimum atomic E-state index is 0.108. The fourth-order valence-corrected chi connectivity index (χ4v) is 2.63. The van der Waals surface area contributed by atoms with Crippen LogP contribution in [0.3, 0.4) is 0 Å². The SMILES string of the molecule is Cc1ccc(C)c(NC(=S)NC(C)COc2ccc(C)c(C)c2)c1. The molecule has 0 aliphatic carbocycles. The van der Waals surface area contributed by atoms with Crippen LogP contribution in [0.2, 0.25) is 0 Å². The maximum absolute atomic E-state index is 5.85. The van der Waals surface area contributed by atoms with Gasteiger partial charge in [-0.25, -0.2) is 0 Å². The van der Waals surface area contributed by atoms with E-state index in [1.54, 1.807) is 0 Å². The van der Waals surface area contributed by atoms with E-state index < -0.39 is 0 Å². The van der Waals surface area contributed by atoms with Gasteiger partial charge in [-0.15, -0.1) is 0 Å². The van der Waals surface area contributed by atoms with Gasteiger partial charge in [0.25, 0.3) is 0 Å². The molecule has 0 spiro atoms. The third-order valence-corrected chi connectivity index (χ3v) is 4.22. The summed E-state index contributed by atoms with van der Waals surface area (Å²) >= 11 is 5.41. The van der Waals surface area contributed by atoms with E-state index in [-0.39, 0.29) is 6.04 Å². The molecule has 2 aromatic carbocycles. The molecule has 4 heteroatoms. The van der Waals surface area contributed by atoms with E-state index in [4.69, 9.17) is 17.0 Å². The van der Waals surface area contributed by atoms with E-state index in [1.807, 2.05) is 6.07 Å². The molecule has 128 valence electrons. The Labute approximate surface area is 150 Å². The molecule has 3 nitrogen and oxygen atoms in total. The Balaban J connectivity index is 1.85. The van der Waals surface area contributed by atoms with E-state index in [1.165, 1.54) is 22.3 Å². The summed E-state index contributed by atoms with van der Waals surface area (Å²) in [5.41, 5.74) is 5.92. The molecule has 0 aromatic heterocycles. The van der Waals surface area contributed by atoms with E-state index >= 15 is 0 Å². The third kappa shape index (κ3) is 5.24. The molecule has 0 fully saturated rings. The Kier molecular flexibility index (Phi) is 6.21. The van der Waals surface area contributed by atoms with Crippen LogP contribution in [0.25, 0.3) is 0 Å². The summed E-state index contributed by atoms with van der Waals surface area (Å²) in [5.74, 6) is 0.889. The fraction of sp³-hybridized carbons (Fsp3) is 0.350. The molecule has 0 aliphatic heterocycles. The van der Waals surface area contributed by atoms with Crippen molar-refractivity contribution in [2.45, 2.75) is 40.7 Å². The monoisotopic (exact) mass is 342 g/mol. The fourth-order valence-electron chi connectivity index (χ4n) is 2.32. The number of thiocarbonyl (C=S) groups is 1. The molecular weight excluding hydrogens is 316 g/mol. The lowest BCUT2D eigenvalue weighted by Gasteiger charge is -2.19. The molecule has 2 rings (SSSR count). The van der Waals surface area contributed by atoms with Gasteiger partial charge in [0.1, 0.15) is 12.4 Å². The molecular formula is C20H26N2OS. The molecule has 0 aliphatic rings. The van der Waals surface area contributed by atoms with Gasteiger partial charge in [0, 0.05) is 5.69 Å². The largest absolute Gasteiger partial charge is 0.491 e. The average molecular weight is 343 g/mol. The molecule has 0 amide bonds. The second-order valence-electron chi connectivity index (χ2n) is 6.37. The summed E-state index contributed by atoms with van der Waals surface area (Å²) in [6.45, 7) is 10.9. The van der Waals surface area contributed by atoms with Crippen molar-refractivity contribution in [3.8, 4) is 5.75 Å². The van der Waals surface area contributed by atoms with Crippen molar-refractivity contribution in [2.75, 3.05) is 11.9 Å². The van der Waals surface area contributed by atoms with Crippen LogP contribution >= 0.6 is 12.2 Å². The van der Waals surface area contributed by atoms with Crippen molar-refractivity contribution in [1.82, 2.24) is 5.32 Å². The predicted molar refractivity (Wildman–Crippen MR) is 106 cm³/mol. The summed E-state index contributed by atoms with van der Waals surface area (Å²) in [4.78, 5) is 0. The first-order valence-corrected chi connectivity index (χ1v) is 8.61. The molecule has 0 radical (unpaired) electrons. The van der Waals surface area contributed by atoms with Crippen molar-refractivity contribution in [3.05, 3.63) is 58.7 Å². The van der Waals surface area contributed by atoms with Crippen LogP contribution in [0.1, 0.15) is 29.2 Å². The third-order valence-electron chi connectivity index (χ3n) is 4.00. The highest BCUT2D eigenvalue weighted by Gasteiger charge is 2.07. The second kappa shape index (κ2) is 8.15. The molecule has 2 N–H and O–H groups in total. The zero-order chi connectivity index (χ0) is 17.7. The van der Waals surface area contributed by atoms with Gasteiger partial charge in [0.2, 0.25) is 0 Å². The lowest BCUT2D eigenvalue weighted by molar-refractivity contribution is 0.287. The molecule has 0 saturated carbocycles. The number of aryl methyl sites for hydroxylation is 4. The number of nitrogens with one attached hydrogen (secondary N) is 2. The quantitative estimate of drug-likeness (QED) is 0.773. The molecule has 2 aromatic rings. The highest BCUT2D eigenvalue weighted by atomic mass is 32.1. The summed E-state index contributed by atoms with van der Waals surface area (Å²) in [6.07, 6.45) is 0. The highest BCUT2D eigenvalue weighted by Crippen LogP contribution is 2.17. The number of ether oxygens (including phenoxy) is 1. The first-order chi connectivity index (χ1) is 11.3. The molecule has 24 heavy (non-hydrogen) atoms. The zero-order valence-corrected chi connectivity index (χ0v) is 15.9. The molecule has 0 bridgehead atoms. The van der Waals surface area contributed by atoms with E-state index in [0.717, 1.165) is 11.4 Å². The number of hydrogen-bond acceptors (Lipinski definition) is 2. The minimum Gasteiger partial charge on any atom is -0.491 e. The minimum absolute atomic E-state index is 0.108. The van der Waals surface area contributed by atoms with E-state index in [9.17, 15) is 0 Å². The zero-order valence-electron chi connectivity index (χ0n) is 15.1. The van der Waals surface area contributed by atoms with Gasteiger partial charge in [-0.1, -0.05) is 18.2 Å². The lowest BCUT2D eigenvalue weighted by Crippen LogP contribution is -2.39. The van der Waals surface area contributed by atoms with Gasteiger partial charge in [-0.2, -0.15) is 0 Å². The van der Waals surface area contributed by atoms with Crippen LogP contribution in [0, 0.1) is 27.7 Å². The van der Waals surface area contributed by atoms with Crippen LogP contribution in [0.4, 0.5) is 5.69 Å². The molecule has 1 unspecified atom stereocenters. The summed E-state index contributed by atoms with van der Waals surface area (Å²) in [7, 11) is 0.